The van der Waals surface area contributed by atoms with Crippen molar-refractivity contribution >= 4 is 11.9 Å². The first-order chi connectivity index (χ1) is 15.5. The van der Waals surface area contributed by atoms with E-state index in [1.165, 1.54) is 37.8 Å². The first-order valence-corrected chi connectivity index (χ1v) is 12.1. The van der Waals surface area contributed by atoms with Crippen LogP contribution in [-0.2, 0) is 16.0 Å². The number of benzene rings is 1. The largest absolute Gasteiger partial charge is 0.508 e. The Balaban J connectivity index is 2.07. The van der Waals surface area contributed by atoms with E-state index in [0.29, 0.717) is 6.42 Å². The molecule has 0 radical (unpaired) electrons. The Bertz CT molecular complexity index is 694. The fourth-order valence-electron chi connectivity index (χ4n) is 3.43. The van der Waals surface area contributed by atoms with E-state index in [9.17, 15) is 19.8 Å². The van der Waals surface area contributed by atoms with Crippen LogP contribution in [-0.4, -0.2) is 28.1 Å². The zero-order valence-corrected chi connectivity index (χ0v) is 19.6. The van der Waals surface area contributed by atoms with E-state index >= 15 is 0 Å². The standard InChI is InChI=1S/C27H41NO4/c1-2-3-4-5-6-7-8-9-10-11-12-13-14-15-16-17-26(30)28-25(27(31)32)22-23-18-20-24(29)21-19-23/h6-7,9-10,18-21,25,29H,2-5,8,11-17,22H2,1H3,(H,28,30)(H,31,32)/t25-/m1/s1. The van der Waals surface area contributed by atoms with Crippen molar-refractivity contribution in [3.63, 3.8) is 0 Å². The van der Waals surface area contributed by atoms with E-state index in [2.05, 4.69) is 36.5 Å². The molecule has 32 heavy (non-hydrogen) atoms. The molecule has 1 atom stereocenters. The lowest BCUT2D eigenvalue weighted by molar-refractivity contribution is -0.141. The van der Waals surface area contributed by atoms with Crippen molar-refractivity contribution in [3.8, 4) is 5.75 Å². The van der Waals surface area contributed by atoms with Gasteiger partial charge in [0.05, 0.1) is 0 Å². The Kier molecular flexibility index (Phi) is 15.5. The summed E-state index contributed by atoms with van der Waals surface area (Å²) < 4.78 is 0. The number of rotatable bonds is 18. The predicted molar refractivity (Wildman–Crippen MR) is 131 cm³/mol. The van der Waals surface area contributed by atoms with Gasteiger partial charge in [0, 0.05) is 12.8 Å². The van der Waals surface area contributed by atoms with E-state index in [0.717, 1.165) is 50.5 Å². The molecule has 1 amide bonds. The summed E-state index contributed by atoms with van der Waals surface area (Å²) in [6, 6.07) is 5.40. The van der Waals surface area contributed by atoms with E-state index < -0.39 is 12.0 Å². The number of carboxylic acid groups (broad SMARTS) is 1. The maximum absolute atomic E-state index is 12.1. The predicted octanol–water partition coefficient (Wildman–Crippen LogP) is 6.32. The number of allylic oxidation sites excluding steroid dienone is 4. The van der Waals surface area contributed by atoms with Gasteiger partial charge in [-0.25, -0.2) is 4.79 Å². The van der Waals surface area contributed by atoms with Crippen molar-refractivity contribution < 1.29 is 19.8 Å². The summed E-state index contributed by atoms with van der Waals surface area (Å²) in [4.78, 5) is 23.6. The smallest absolute Gasteiger partial charge is 0.326 e. The second-order valence-corrected chi connectivity index (χ2v) is 8.31. The number of phenolic OH excluding ortho intramolecular Hbond substituents is 1. The molecule has 0 saturated carbocycles. The van der Waals surface area contributed by atoms with Crippen LogP contribution in [0.1, 0.15) is 89.5 Å². The number of phenols is 1. The van der Waals surface area contributed by atoms with Gasteiger partial charge in [-0.05, 0) is 56.2 Å². The van der Waals surface area contributed by atoms with Crippen LogP contribution < -0.4 is 5.32 Å². The number of unbranched alkanes of at least 4 members (excludes halogenated alkanes) is 8. The molecule has 1 rings (SSSR count). The third-order valence-corrected chi connectivity index (χ3v) is 5.36. The molecule has 0 unspecified atom stereocenters. The van der Waals surface area contributed by atoms with E-state index in [-0.39, 0.29) is 18.1 Å². The normalized spacial score (nSPS) is 12.4. The Labute approximate surface area is 193 Å². The van der Waals surface area contributed by atoms with Crippen molar-refractivity contribution in [3.05, 3.63) is 54.1 Å². The second kappa shape index (κ2) is 18.1. The summed E-state index contributed by atoms with van der Waals surface area (Å²) in [6.45, 7) is 2.22. The monoisotopic (exact) mass is 443 g/mol. The summed E-state index contributed by atoms with van der Waals surface area (Å²) in [7, 11) is 0. The molecule has 0 aromatic heterocycles. The molecule has 0 spiro atoms. The Morgan fingerprint density at radius 2 is 1.47 bits per heavy atom. The number of carbonyl (C=O) groups excluding carboxylic acids is 1. The highest BCUT2D eigenvalue weighted by atomic mass is 16.4. The number of hydrogen-bond acceptors (Lipinski definition) is 3. The lowest BCUT2D eigenvalue weighted by atomic mass is 10.0. The van der Waals surface area contributed by atoms with Gasteiger partial charge in [0.2, 0.25) is 5.91 Å². The minimum absolute atomic E-state index is 0.131. The van der Waals surface area contributed by atoms with Crippen molar-refractivity contribution in [2.45, 2.75) is 96.4 Å². The molecular weight excluding hydrogens is 402 g/mol. The third-order valence-electron chi connectivity index (χ3n) is 5.36. The third kappa shape index (κ3) is 14.4. The SMILES string of the molecule is CCCCCC=CCC=CCCCCCCCC(=O)N[C@H](Cc1ccc(O)cc1)C(=O)O. The highest BCUT2D eigenvalue weighted by Crippen LogP contribution is 2.12. The zero-order chi connectivity index (χ0) is 23.4. The zero-order valence-electron chi connectivity index (χ0n) is 19.6. The molecule has 0 aliphatic carbocycles. The molecule has 178 valence electrons. The van der Waals surface area contributed by atoms with Gasteiger partial charge in [-0.3, -0.25) is 4.79 Å². The van der Waals surface area contributed by atoms with Gasteiger partial charge in [-0.2, -0.15) is 0 Å². The number of amides is 1. The van der Waals surface area contributed by atoms with Gasteiger partial charge in [-0.15, -0.1) is 0 Å². The first-order valence-electron chi connectivity index (χ1n) is 12.1. The maximum Gasteiger partial charge on any atom is 0.326 e. The van der Waals surface area contributed by atoms with Crippen LogP contribution in [0, 0.1) is 0 Å². The average Bonchev–Trinajstić information content (AvgIpc) is 2.77. The lowest BCUT2D eigenvalue weighted by Crippen LogP contribution is -2.42. The number of carboxylic acids is 1. The number of aromatic hydroxyl groups is 1. The van der Waals surface area contributed by atoms with Gasteiger partial charge in [-0.1, -0.05) is 75.5 Å². The van der Waals surface area contributed by atoms with Crippen molar-refractivity contribution in [2.75, 3.05) is 0 Å². The Morgan fingerprint density at radius 3 is 2.09 bits per heavy atom. The lowest BCUT2D eigenvalue weighted by Gasteiger charge is -2.14. The second-order valence-electron chi connectivity index (χ2n) is 8.31. The summed E-state index contributed by atoms with van der Waals surface area (Å²) in [6.07, 6.45) is 21.9. The van der Waals surface area contributed by atoms with Crippen molar-refractivity contribution in [1.82, 2.24) is 5.32 Å². The highest BCUT2D eigenvalue weighted by Gasteiger charge is 2.20. The van der Waals surface area contributed by atoms with Crippen molar-refractivity contribution in [2.24, 2.45) is 0 Å². The molecule has 1 aromatic rings. The van der Waals surface area contributed by atoms with Crippen LogP contribution in [0.15, 0.2) is 48.6 Å². The minimum Gasteiger partial charge on any atom is -0.508 e. The van der Waals surface area contributed by atoms with Crippen LogP contribution in [0.2, 0.25) is 0 Å². The fraction of sp³-hybridized carbons (Fsp3) is 0.556. The maximum atomic E-state index is 12.1. The van der Waals surface area contributed by atoms with E-state index in [4.69, 9.17) is 0 Å². The molecule has 5 nitrogen and oxygen atoms in total. The molecule has 3 N–H and O–H groups in total. The molecule has 1 aromatic carbocycles. The summed E-state index contributed by atoms with van der Waals surface area (Å²) >= 11 is 0. The van der Waals surface area contributed by atoms with Crippen LogP contribution in [0.4, 0.5) is 0 Å². The number of hydrogen-bond donors (Lipinski definition) is 3. The fourth-order valence-corrected chi connectivity index (χ4v) is 3.43. The summed E-state index contributed by atoms with van der Waals surface area (Å²) in [5, 5.41) is 21.3. The number of carbonyl (C=O) groups is 2. The van der Waals surface area contributed by atoms with Crippen LogP contribution >= 0.6 is 0 Å². The summed E-state index contributed by atoms with van der Waals surface area (Å²) in [5.74, 6) is -1.14. The molecule has 0 saturated heterocycles. The molecule has 0 fully saturated rings. The quantitative estimate of drug-likeness (QED) is 0.183. The van der Waals surface area contributed by atoms with Crippen LogP contribution in [0.3, 0.4) is 0 Å². The molecular formula is C27H41NO4. The molecule has 0 aliphatic rings. The van der Waals surface area contributed by atoms with Gasteiger partial charge in [0.15, 0.2) is 0 Å². The Hall–Kier alpha value is -2.56. The molecule has 0 aliphatic heterocycles. The minimum atomic E-state index is -1.05. The van der Waals surface area contributed by atoms with Gasteiger partial charge >= 0.3 is 5.97 Å². The molecule has 0 heterocycles. The van der Waals surface area contributed by atoms with Crippen molar-refractivity contribution in [1.29, 1.82) is 0 Å². The summed E-state index contributed by atoms with van der Waals surface area (Å²) in [5.41, 5.74) is 0.757. The average molecular weight is 444 g/mol. The van der Waals surface area contributed by atoms with Crippen LogP contribution in [0.25, 0.3) is 0 Å². The first kappa shape index (κ1) is 27.5. The van der Waals surface area contributed by atoms with Gasteiger partial charge in [0.1, 0.15) is 11.8 Å². The highest BCUT2D eigenvalue weighted by molar-refractivity contribution is 5.83. The van der Waals surface area contributed by atoms with E-state index in [1.54, 1.807) is 12.1 Å². The molecule has 5 heteroatoms. The van der Waals surface area contributed by atoms with Gasteiger partial charge < -0.3 is 15.5 Å². The molecule has 0 bridgehead atoms. The topological polar surface area (TPSA) is 86.6 Å². The van der Waals surface area contributed by atoms with E-state index in [1.807, 2.05) is 0 Å². The van der Waals surface area contributed by atoms with Gasteiger partial charge in [0.25, 0.3) is 0 Å². The Morgan fingerprint density at radius 1 is 0.875 bits per heavy atom. The van der Waals surface area contributed by atoms with Crippen LogP contribution in [0.5, 0.6) is 5.75 Å². The number of nitrogens with one attached hydrogen (secondary N) is 1. The number of aliphatic carboxylic acids is 1.